The van der Waals surface area contributed by atoms with Crippen LogP contribution in [0, 0.1) is 0 Å². The molecule has 0 atom stereocenters. The highest BCUT2D eigenvalue weighted by Crippen LogP contribution is 2.17. The second-order valence-corrected chi connectivity index (χ2v) is 3.97. The molecule has 0 unspecified atom stereocenters. The maximum Gasteiger partial charge on any atom is 0.146 e. The Hall–Kier alpha value is -1.33. The van der Waals surface area contributed by atoms with Gasteiger partial charge in [0.25, 0.3) is 0 Å². The molecule has 5 heteroatoms. The van der Waals surface area contributed by atoms with Crippen molar-refractivity contribution in [2.75, 3.05) is 44.3 Å². The van der Waals surface area contributed by atoms with Gasteiger partial charge in [0.1, 0.15) is 5.82 Å². The van der Waals surface area contributed by atoms with Crippen molar-refractivity contribution in [2.45, 2.75) is 6.42 Å². The number of morpholine rings is 1. The van der Waals surface area contributed by atoms with E-state index >= 15 is 0 Å². The van der Waals surface area contributed by atoms with Gasteiger partial charge in [0.15, 0.2) is 0 Å². The predicted molar refractivity (Wildman–Crippen MR) is 64.0 cm³/mol. The van der Waals surface area contributed by atoms with E-state index in [4.69, 9.17) is 16.2 Å². The number of nitrogens with two attached hydrogens (primary N) is 2. The number of pyridine rings is 1. The third-order valence-corrected chi connectivity index (χ3v) is 2.91. The smallest absolute Gasteiger partial charge is 0.146 e. The van der Waals surface area contributed by atoms with Gasteiger partial charge in [-0.3, -0.25) is 4.90 Å². The van der Waals surface area contributed by atoms with E-state index in [1.165, 1.54) is 0 Å². The second-order valence-electron chi connectivity index (χ2n) is 3.97. The lowest BCUT2D eigenvalue weighted by Gasteiger charge is -2.26. The second kappa shape index (κ2) is 5.14. The van der Waals surface area contributed by atoms with Crippen molar-refractivity contribution >= 4 is 11.5 Å². The first-order valence-electron chi connectivity index (χ1n) is 5.56. The van der Waals surface area contributed by atoms with Gasteiger partial charge in [-0.1, -0.05) is 0 Å². The van der Waals surface area contributed by atoms with E-state index < -0.39 is 0 Å². The van der Waals surface area contributed by atoms with Crippen LogP contribution >= 0.6 is 0 Å². The molecule has 1 aliphatic rings. The first-order valence-corrected chi connectivity index (χ1v) is 5.56. The molecule has 0 bridgehead atoms. The molecule has 0 aliphatic carbocycles. The van der Waals surface area contributed by atoms with Gasteiger partial charge < -0.3 is 16.2 Å². The molecule has 0 spiro atoms. The fraction of sp³-hybridized carbons (Fsp3) is 0.545. The Balaban J connectivity index is 1.91. The van der Waals surface area contributed by atoms with Crippen LogP contribution in [0.15, 0.2) is 12.3 Å². The summed E-state index contributed by atoms with van der Waals surface area (Å²) in [6.07, 6.45) is 2.62. The summed E-state index contributed by atoms with van der Waals surface area (Å²) >= 11 is 0. The predicted octanol–water partition coefficient (Wildman–Crippen LogP) is 0.121. The van der Waals surface area contributed by atoms with Crippen LogP contribution in [0.4, 0.5) is 11.5 Å². The highest BCUT2D eigenvalue weighted by atomic mass is 16.5. The number of hydrogen-bond acceptors (Lipinski definition) is 5. The normalized spacial score (nSPS) is 17.5. The lowest BCUT2D eigenvalue weighted by molar-refractivity contribution is 0.0384. The molecular formula is C11H18N4O. The van der Waals surface area contributed by atoms with Crippen molar-refractivity contribution in [3.63, 3.8) is 0 Å². The summed E-state index contributed by atoms with van der Waals surface area (Å²) in [4.78, 5) is 6.33. The van der Waals surface area contributed by atoms with Crippen molar-refractivity contribution < 1.29 is 4.74 Å². The number of aromatic nitrogens is 1. The van der Waals surface area contributed by atoms with Gasteiger partial charge >= 0.3 is 0 Å². The Morgan fingerprint density at radius 3 is 2.81 bits per heavy atom. The maximum atomic E-state index is 5.87. The van der Waals surface area contributed by atoms with Gasteiger partial charge in [0, 0.05) is 25.8 Å². The summed E-state index contributed by atoms with van der Waals surface area (Å²) in [5.74, 6) is 0.430. The van der Waals surface area contributed by atoms with E-state index in [0.29, 0.717) is 11.5 Å². The van der Waals surface area contributed by atoms with Gasteiger partial charge in [-0.15, -0.1) is 0 Å². The fourth-order valence-corrected chi connectivity index (χ4v) is 1.85. The Labute approximate surface area is 95.4 Å². The largest absolute Gasteiger partial charge is 0.396 e. The zero-order valence-corrected chi connectivity index (χ0v) is 9.35. The number of rotatable bonds is 3. The first kappa shape index (κ1) is 11.2. The van der Waals surface area contributed by atoms with Gasteiger partial charge in [-0.25, -0.2) is 4.98 Å². The SMILES string of the molecule is Nc1nccc(CCN2CCOCC2)c1N. The zero-order valence-electron chi connectivity index (χ0n) is 9.35. The minimum atomic E-state index is 0.430. The monoisotopic (exact) mass is 222 g/mol. The third kappa shape index (κ3) is 2.62. The summed E-state index contributed by atoms with van der Waals surface area (Å²) in [5.41, 5.74) is 13.2. The van der Waals surface area contributed by atoms with E-state index in [9.17, 15) is 0 Å². The van der Waals surface area contributed by atoms with E-state index in [-0.39, 0.29) is 0 Å². The van der Waals surface area contributed by atoms with Crippen LogP contribution in [0.25, 0.3) is 0 Å². The van der Waals surface area contributed by atoms with Gasteiger partial charge in [-0.05, 0) is 18.1 Å². The summed E-state index contributed by atoms with van der Waals surface area (Å²) in [5, 5.41) is 0. The highest BCUT2D eigenvalue weighted by Gasteiger charge is 2.11. The number of hydrogen-bond donors (Lipinski definition) is 2. The fourth-order valence-electron chi connectivity index (χ4n) is 1.85. The molecule has 16 heavy (non-hydrogen) atoms. The molecule has 1 aliphatic heterocycles. The molecule has 1 aromatic rings. The lowest BCUT2D eigenvalue weighted by atomic mass is 10.1. The van der Waals surface area contributed by atoms with Crippen LogP contribution in [0.5, 0.6) is 0 Å². The average Bonchev–Trinajstić information content (AvgIpc) is 2.32. The molecule has 1 fully saturated rings. The molecule has 0 radical (unpaired) electrons. The molecule has 1 saturated heterocycles. The van der Waals surface area contributed by atoms with Crippen molar-refractivity contribution in [3.05, 3.63) is 17.8 Å². The van der Waals surface area contributed by atoms with Crippen molar-refractivity contribution in [1.82, 2.24) is 9.88 Å². The molecule has 5 nitrogen and oxygen atoms in total. The molecule has 2 heterocycles. The summed E-state index contributed by atoms with van der Waals surface area (Å²) in [6, 6.07) is 1.94. The standard InChI is InChI=1S/C11H18N4O/c12-10-9(1-3-14-11(10)13)2-4-15-5-7-16-8-6-15/h1,3H,2,4-8,12H2,(H2,13,14). The van der Waals surface area contributed by atoms with Crippen LogP contribution in [-0.4, -0.2) is 42.7 Å². The molecule has 2 rings (SSSR count). The number of nitrogens with zero attached hydrogens (tertiary/aromatic N) is 2. The van der Waals surface area contributed by atoms with Crippen molar-refractivity contribution in [3.8, 4) is 0 Å². The van der Waals surface area contributed by atoms with Gasteiger partial charge in [0.05, 0.1) is 18.9 Å². The maximum absolute atomic E-state index is 5.87. The first-order chi connectivity index (χ1) is 7.77. The zero-order chi connectivity index (χ0) is 11.4. The topological polar surface area (TPSA) is 77.4 Å². The number of nitrogen functional groups attached to an aromatic ring is 2. The molecule has 0 aromatic carbocycles. The molecule has 1 aromatic heterocycles. The van der Waals surface area contributed by atoms with E-state index in [1.54, 1.807) is 6.20 Å². The number of ether oxygens (including phenoxy) is 1. The van der Waals surface area contributed by atoms with Gasteiger partial charge in [-0.2, -0.15) is 0 Å². The van der Waals surface area contributed by atoms with E-state index in [1.807, 2.05) is 6.07 Å². The molecule has 4 N–H and O–H groups in total. The van der Waals surface area contributed by atoms with Crippen molar-refractivity contribution in [1.29, 1.82) is 0 Å². The quantitative estimate of drug-likeness (QED) is 0.759. The minimum absolute atomic E-state index is 0.430. The average molecular weight is 222 g/mol. The summed E-state index contributed by atoms with van der Waals surface area (Å²) in [6.45, 7) is 4.65. The third-order valence-electron chi connectivity index (χ3n) is 2.91. The Kier molecular flexibility index (Phi) is 3.58. The van der Waals surface area contributed by atoms with Crippen LogP contribution in [0.1, 0.15) is 5.56 Å². The molecule has 88 valence electrons. The van der Waals surface area contributed by atoms with E-state index in [0.717, 1.165) is 44.8 Å². The molecule has 0 saturated carbocycles. The van der Waals surface area contributed by atoms with Crippen LogP contribution in [-0.2, 0) is 11.2 Å². The Morgan fingerprint density at radius 2 is 2.06 bits per heavy atom. The minimum Gasteiger partial charge on any atom is -0.396 e. The molecular weight excluding hydrogens is 204 g/mol. The van der Waals surface area contributed by atoms with Crippen molar-refractivity contribution in [2.24, 2.45) is 0 Å². The van der Waals surface area contributed by atoms with Crippen LogP contribution in [0.3, 0.4) is 0 Å². The van der Waals surface area contributed by atoms with E-state index in [2.05, 4.69) is 9.88 Å². The summed E-state index contributed by atoms with van der Waals surface area (Å²) in [7, 11) is 0. The number of anilines is 2. The summed E-state index contributed by atoms with van der Waals surface area (Å²) < 4.78 is 5.30. The van der Waals surface area contributed by atoms with Crippen LogP contribution < -0.4 is 11.5 Å². The lowest BCUT2D eigenvalue weighted by Crippen LogP contribution is -2.37. The van der Waals surface area contributed by atoms with Crippen LogP contribution in [0.2, 0.25) is 0 Å². The Morgan fingerprint density at radius 1 is 1.31 bits per heavy atom. The highest BCUT2D eigenvalue weighted by molar-refractivity contribution is 5.62. The Bertz CT molecular complexity index is 350. The van der Waals surface area contributed by atoms with Gasteiger partial charge in [0.2, 0.25) is 0 Å². The molecule has 0 amide bonds.